The number of hydrogen-bond donors (Lipinski definition) is 1. The van der Waals surface area contributed by atoms with Crippen molar-refractivity contribution in [2.75, 3.05) is 12.8 Å². The Morgan fingerprint density at radius 3 is 2.59 bits per heavy atom. The molecule has 1 aromatic heterocycles. The van der Waals surface area contributed by atoms with Crippen LogP contribution in [-0.2, 0) is 4.74 Å². The molecule has 0 aliphatic heterocycles. The number of aryl methyl sites for hydroxylation is 1. The van der Waals surface area contributed by atoms with E-state index in [4.69, 9.17) is 10.5 Å². The topological polar surface area (TPSA) is 61.0 Å². The minimum atomic E-state index is -0.00231. The van der Waals surface area contributed by atoms with Crippen molar-refractivity contribution in [3.05, 3.63) is 17.6 Å². The SMILES string of the molecule is COC(c1nc(C)cc(N)n1)C1CCCCC1. The minimum Gasteiger partial charge on any atom is -0.384 e. The third kappa shape index (κ3) is 2.94. The monoisotopic (exact) mass is 235 g/mol. The first-order valence-electron chi connectivity index (χ1n) is 6.34. The van der Waals surface area contributed by atoms with Crippen LogP contribution in [0.15, 0.2) is 6.07 Å². The van der Waals surface area contributed by atoms with Crippen LogP contribution in [0.5, 0.6) is 0 Å². The number of hydrogen-bond acceptors (Lipinski definition) is 4. The second kappa shape index (κ2) is 5.45. The lowest BCUT2D eigenvalue weighted by Gasteiger charge is -2.28. The number of ether oxygens (including phenoxy) is 1. The van der Waals surface area contributed by atoms with Gasteiger partial charge in [-0.05, 0) is 25.7 Å². The molecule has 0 amide bonds. The fourth-order valence-electron chi connectivity index (χ4n) is 2.69. The van der Waals surface area contributed by atoms with Gasteiger partial charge >= 0.3 is 0 Å². The van der Waals surface area contributed by atoms with Crippen molar-refractivity contribution >= 4 is 5.82 Å². The predicted molar refractivity (Wildman–Crippen MR) is 67.5 cm³/mol. The van der Waals surface area contributed by atoms with Gasteiger partial charge in [-0.25, -0.2) is 9.97 Å². The van der Waals surface area contributed by atoms with E-state index in [9.17, 15) is 0 Å². The van der Waals surface area contributed by atoms with Crippen LogP contribution in [0.2, 0.25) is 0 Å². The van der Waals surface area contributed by atoms with Gasteiger partial charge in [-0.15, -0.1) is 0 Å². The number of aromatic nitrogens is 2. The number of nitrogen functional groups attached to an aromatic ring is 1. The average Bonchev–Trinajstić information content (AvgIpc) is 2.30. The Morgan fingerprint density at radius 1 is 1.29 bits per heavy atom. The van der Waals surface area contributed by atoms with E-state index < -0.39 is 0 Å². The molecule has 0 saturated heterocycles. The van der Waals surface area contributed by atoms with Gasteiger partial charge in [-0.2, -0.15) is 0 Å². The van der Waals surface area contributed by atoms with E-state index in [0.29, 0.717) is 11.7 Å². The second-order valence-corrected chi connectivity index (χ2v) is 4.85. The Bertz CT molecular complexity index is 355. The number of nitrogens with zero attached hydrogens (tertiary/aromatic N) is 2. The van der Waals surface area contributed by atoms with Gasteiger partial charge in [0.15, 0.2) is 5.82 Å². The average molecular weight is 235 g/mol. The zero-order valence-electron chi connectivity index (χ0n) is 10.6. The van der Waals surface area contributed by atoms with E-state index in [1.54, 1.807) is 13.2 Å². The first-order valence-corrected chi connectivity index (χ1v) is 6.34. The molecule has 17 heavy (non-hydrogen) atoms. The van der Waals surface area contributed by atoms with E-state index in [-0.39, 0.29) is 6.10 Å². The normalized spacial score (nSPS) is 19.2. The lowest BCUT2D eigenvalue weighted by molar-refractivity contribution is 0.0289. The third-order valence-electron chi connectivity index (χ3n) is 3.48. The van der Waals surface area contributed by atoms with Gasteiger partial charge in [0.1, 0.15) is 11.9 Å². The largest absolute Gasteiger partial charge is 0.384 e. The molecule has 1 heterocycles. The number of nitrogens with two attached hydrogens (primary N) is 1. The molecule has 0 bridgehead atoms. The first-order chi connectivity index (χ1) is 8.20. The van der Waals surface area contributed by atoms with Crippen LogP contribution in [0.25, 0.3) is 0 Å². The summed E-state index contributed by atoms with van der Waals surface area (Å²) in [5, 5.41) is 0. The Labute approximate surface area is 103 Å². The second-order valence-electron chi connectivity index (χ2n) is 4.85. The van der Waals surface area contributed by atoms with Crippen molar-refractivity contribution in [2.24, 2.45) is 5.92 Å². The van der Waals surface area contributed by atoms with Crippen LogP contribution in [0.4, 0.5) is 5.82 Å². The molecule has 1 saturated carbocycles. The Kier molecular flexibility index (Phi) is 3.94. The standard InChI is InChI=1S/C13H21N3O/c1-9-8-11(14)16-13(15-9)12(17-2)10-6-4-3-5-7-10/h8,10,12H,3-7H2,1-2H3,(H2,14,15,16). The maximum atomic E-state index is 5.77. The van der Waals surface area contributed by atoms with Crippen LogP contribution < -0.4 is 5.73 Å². The van der Waals surface area contributed by atoms with Gasteiger partial charge in [-0.1, -0.05) is 19.3 Å². The van der Waals surface area contributed by atoms with E-state index in [2.05, 4.69) is 9.97 Å². The fourth-order valence-corrected chi connectivity index (χ4v) is 2.69. The molecule has 4 heteroatoms. The molecular formula is C13H21N3O. The third-order valence-corrected chi connectivity index (χ3v) is 3.48. The fraction of sp³-hybridized carbons (Fsp3) is 0.692. The smallest absolute Gasteiger partial charge is 0.159 e. The van der Waals surface area contributed by atoms with Gasteiger partial charge in [-0.3, -0.25) is 0 Å². The van der Waals surface area contributed by atoms with Crippen LogP contribution in [0.3, 0.4) is 0 Å². The van der Waals surface area contributed by atoms with Crippen molar-refractivity contribution in [1.82, 2.24) is 9.97 Å². The Balaban J connectivity index is 2.21. The van der Waals surface area contributed by atoms with E-state index in [1.165, 1.54) is 32.1 Å². The van der Waals surface area contributed by atoms with E-state index in [1.807, 2.05) is 6.92 Å². The minimum absolute atomic E-state index is 0.00231. The highest BCUT2D eigenvalue weighted by molar-refractivity contribution is 5.29. The Hall–Kier alpha value is -1.16. The maximum Gasteiger partial charge on any atom is 0.159 e. The molecule has 0 radical (unpaired) electrons. The van der Waals surface area contributed by atoms with Crippen molar-refractivity contribution < 1.29 is 4.74 Å². The molecule has 0 aromatic carbocycles. The molecule has 1 aromatic rings. The van der Waals surface area contributed by atoms with Gasteiger partial charge < -0.3 is 10.5 Å². The quantitative estimate of drug-likeness (QED) is 0.874. The molecule has 1 aliphatic rings. The van der Waals surface area contributed by atoms with E-state index in [0.717, 1.165) is 11.5 Å². The van der Waals surface area contributed by atoms with Crippen LogP contribution in [-0.4, -0.2) is 17.1 Å². The molecule has 2 rings (SSSR count). The molecule has 0 spiro atoms. The van der Waals surface area contributed by atoms with Crippen molar-refractivity contribution in [2.45, 2.75) is 45.1 Å². The Morgan fingerprint density at radius 2 is 2.00 bits per heavy atom. The molecule has 2 N–H and O–H groups in total. The summed E-state index contributed by atoms with van der Waals surface area (Å²) in [6, 6.07) is 1.79. The summed E-state index contributed by atoms with van der Waals surface area (Å²) in [5.41, 5.74) is 6.68. The number of rotatable bonds is 3. The van der Waals surface area contributed by atoms with Crippen molar-refractivity contribution in [1.29, 1.82) is 0 Å². The van der Waals surface area contributed by atoms with Gasteiger partial charge in [0.2, 0.25) is 0 Å². The number of anilines is 1. The molecule has 94 valence electrons. The number of methoxy groups -OCH3 is 1. The van der Waals surface area contributed by atoms with Gasteiger partial charge in [0, 0.05) is 18.9 Å². The summed E-state index contributed by atoms with van der Waals surface area (Å²) >= 11 is 0. The molecule has 1 atom stereocenters. The molecule has 4 nitrogen and oxygen atoms in total. The summed E-state index contributed by atoms with van der Waals surface area (Å²) in [5.74, 6) is 1.82. The maximum absolute atomic E-state index is 5.77. The molecular weight excluding hydrogens is 214 g/mol. The summed E-state index contributed by atoms with van der Waals surface area (Å²) in [4.78, 5) is 8.79. The van der Waals surface area contributed by atoms with Crippen molar-refractivity contribution in [3.8, 4) is 0 Å². The molecule has 1 unspecified atom stereocenters. The highest BCUT2D eigenvalue weighted by atomic mass is 16.5. The molecule has 1 fully saturated rings. The summed E-state index contributed by atoms with van der Waals surface area (Å²) < 4.78 is 5.61. The summed E-state index contributed by atoms with van der Waals surface area (Å²) in [6.07, 6.45) is 6.31. The lowest BCUT2D eigenvalue weighted by Crippen LogP contribution is -2.20. The first kappa shape index (κ1) is 12.3. The summed E-state index contributed by atoms with van der Waals surface area (Å²) in [7, 11) is 1.74. The summed E-state index contributed by atoms with van der Waals surface area (Å²) in [6.45, 7) is 1.94. The lowest BCUT2D eigenvalue weighted by atomic mass is 9.85. The van der Waals surface area contributed by atoms with Crippen LogP contribution in [0, 0.1) is 12.8 Å². The van der Waals surface area contributed by atoms with Crippen LogP contribution in [0.1, 0.15) is 49.7 Å². The predicted octanol–water partition coefficient (Wildman–Crippen LogP) is 2.64. The van der Waals surface area contributed by atoms with Crippen molar-refractivity contribution in [3.63, 3.8) is 0 Å². The molecule has 1 aliphatic carbocycles. The van der Waals surface area contributed by atoms with Gasteiger partial charge in [0.05, 0.1) is 0 Å². The van der Waals surface area contributed by atoms with E-state index >= 15 is 0 Å². The zero-order chi connectivity index (χ0) is 12.3. The zero-order valence-corrected chi connectivity index (χ0v) is 10.6. The highest BCUT2D eigenvalue weighted by Crippen LogP contribution is 2.35. The highest BCUT2D eigenvalue weighted by Gasteiger charge is 2.27. The van der Waals surface area contributed by atoms with Gasteiger partial charge in [0.25, 0.3) is 0 Å². The van der Waals surface area contributed by atoms with Crippen LogP contribution >= 0.6 is 0 Å².